The average molecular weight is 269 g/mol. The van der Waals surface area contributed by atoms with Gasteiger partial charge in [0.2, 0.25) is 0 Å². The zero-order chi connectivity index (χ0) is 14.5. The molecule has 0 aliphatic heterocycles. The lowest BCUT2D eigenvalue weighted by molar-refractivity contribution is -0.120. The molecule has 0 unspecified atom stereocenters. The van der Waals surface area contributed by atoms with Gasteiger partial charge in [0.25, 0.3) is 5.91 Å². The molecule has 0 radical (unpaired) electrons. The molecule has 0 aliphatic rings. The van der Waals surface area contributed by atoms with E-state index in [9.17, 15) is 4.79 Å². The minimum absolute atomic E-state index is 0.0352. The SMILES string of the molecule is Cc1ccc(N(C)C(=O)COc2ccccc2)cc1C. The molecule has 2 aromatic rings. The van der Waals surface area contributed by atoms with E-state index in [0.717, 1.165) is 5.69 Å². The van der Waals surface area contributed by atoms with Crippen molar-refractivity contribution in [2.75, 3.05) is 18.6 Å². The van der Waals surface area contributed by atoms with Gasteiger partial charge in [-0.1, -0.05) is 24.3 Å². The second kappa shape index (κ2) is 6.24. The largest absolute Gasteiger partial charge is 0.484 e. The van der Waals surface area contributed by atoms with Crippen molar-refractivity contribution in [3.8, 4) is 5.75 Å². The second-order valence-electron chi connectivity index (χ2n) is 4.82. The molecule has 3 heteroatoms. The van der Waals surface area contributed by atoms with Crippen molar-refractivity contribution in [3.63, 3.8) is 0 Å². The van der Waals surface area contributed by atoms with Gasteiger partial charge in [-0.05, 0) is 49.2 Å². The lowest BCUT2D eigenvalue weighted by atomic mass is 10.1. The molecule has 0 saturated heterocycles. The lowest BCUT2D eigenvalue weighted by Crippen LogP contribution is -2.31. The summed E-state index contributed by atoms with van der Waals surface area (Å²) in [6.07, 6.45) is 0. The molecule has 0 aromatic heterocycles. The van der Waals surface area contributed by atoms with E-state index in [1.807, 2.05) is 55.5 Å². The topological polar surface area (TPSA) is 29.5 Å². The Labute approximate surface area is 119 Å². The van der Waals surface area contributed by atoms with Gasteiger partial charge >= 0.3 is 0 Å². The van der Waals surface area contributed by atoms with Crippen LogP contribution in [0.15, 0.2) is 48.5 Å². The number of benzene rings is 2. The molecule has 1 amide bonds. The summed E-state index contributed by atoms with van der Waals surface area (Å²) < 4.78 is 5.47. The van der Waals surface area contributed by atoms with Crippen LogP contribution in [0, 0.1) is 13.8 Å². The number of ether oxygens (including phenoxy) is 1. The summed E-state index contributed by atoms with van der Waals surface area (Å²) in [6, 6.07) is 15.3. The first-order valence-corrected chi connectivity index (χ1v) is 6.59. The molecule has 0 fully saturated rings. The maximum atomic E-state index is 12.1. The summed E-state index contributed by atoms with van der Waals surface area (Å²) in [5.74, 6) is 0.631. The average Bonchev–Trinajstić information content (AvgIpc) is 2.48. The van der Waals surface area contributed by atoms with Crippen LogP contribution in [0.1, 0.15) is 11.1 Å². The van der Waals surface area contributed by atoms with Crippen LogP contribution in [0.4, 0.5) is 5.69 Å². The third-order valence-electron chi connectivity index (χ3n) is 3.36. The molecule has 0 N–H and O–H groups in total. The van der Waals surface area contributed by atoms with Crippen molar-refractivity contribution in [3.05, 3.63) is 59.7 Å². The molecule has 20 heavy (non-hydrogen) atoms. The number of nitrogens with zero attached hydrogens (tertiary/aromatic N) is 1. The van der Waals surface area contributed by atoms with Gasteiger partial charge in [-0.25, -0.2) is 0 Å². The van der Waals surface area contributed by atoms with Gasteiger partial charge in [0.15, 0.2) is 6.61 Å². The van der Waals surface area contributed by atoms with E-state index in [-0.39, 0.29) is 12.5 Å². The van der Waals surface area contributed by atoms with E-state index in [0.29, 0.717) is 5.75 Å². The summed E-state index contributed by atoms with van der Waals surface area (Å²) in [5.41, 5.74) is 3.27. The summed E-state index contributed by atoms with van der Waals surface area (Å²) in [4.78, 5) is 13.7. The Bertz CT molecular complexity index is 593. The normalized spacial score (nSPS) is 10.2. The van der Waals surface area contributed by atoms with Crippen LogP contribution in [0.5, 0.6) is 5.75 Å². The number of likely N-dealkylation sites (N-methyl/N-ethyl adjacent to an activating group) is 1. The Balaban J connectivity index is 1.99. The smallest absolute Gasteiger partial charge is 0.264 e. The Morgan fingerprint density at radius 3 is 2.40 bits per heavy atom. The number of carbonyl (C=O) groups excluding carboxylic acids is 1. The molecule has 0 bridgehead atoms. The highest BCUT2D eigenvalue weighted by molar-refractivity contribution is 5.94. The Morgan fingerprint density at radius 1 is 1.05 bits per heavy atom. The zero-order valence-corrected chi connectivity index (χ0v) is 12.1. The Morgan fingerprint density at radius 2 is 1.75 bits per heavy atom. The maximum absolute atomic E-state index is 12.1. The van der Waals surface area contributed by atoms with E-state index in [4.69, 9.17) is 4.74 Å². The Kier molecular flexibility index (Phi) is 4.41. The first kappa shape index (κ1) is 14.1. The van der Waals surface area contributed by atoms with E-state index < -0.39 is 0 Å². The number of rotatable bonds is 4. The van der Waals surface area contributed by atoms with Crippen molar-refractivity contribution in [2.45, 2.75) is 13.8 Å². The molecule has 2 aromatic carbocycles. The number of anilines is 1. The molecule has 0 aliphatic carbocycles. The number of para-hydroxylation sites is 1. The van der Waals surface area contributed by atoms with Crippen molar-refractivity contribution < 1.29 is 9.53 Å². The number of carbonyl (C=O) groups is 1. The summed E-state index contributed by atoms with van der Waals surface area (Å²) >= 11 is 0. The standard InChI is InChI=1S/C17H19NO2/c1-13-9-10-15(11-14(13)2)18(3)17(19)12-20-16-7-5-4-6-8-16/h4-11H,12H2,1-3H3. The van der Waals surface area contributed by atoms with Crippen LogP contribution in [0.2, 0.25) is 0 Å². The van der Waals surface area contributed by atoms with Gasteiger partial charge in [-0.2, -0.15) is 0 Å². The van der Waals surface area contributed by atoms with Gasteiger partial charge in [0.05, 0.1) is 0 Å². The third-order valence-corrected chi connectivity index (χ3v) is 3.36. The molecule has 0 heterocycles. The molecule has 0 atom stereocenters. The molecule has 2 rings (SSSR count). The minimum atomic E-state index is -0.0721. The van der Waals surface area contributed by atoms with Crippen molar-refractivity contribution >= 4 is 11.6 Å². The number of amides is 1. The van der Waals surface area contributed by atoms with Gasteiger partial charge in [0.1, 0.15) is 5.75 Å². The zero-order valence-electron chi connectivity index (χ0n) is 12.1. The number of hydrogen-bond donors (Lipinski definition) is 0. The highest BCUT2D eigenvalue weighted by Gasteiger charge is 2.12. The van der Waals surface area contributed by atoms with Gasteiger partial charge < -0.3 is 9.64 Å². The number of aryl methyl sites for hydroxylation is 2. The van der Waals surface area contributed by atoms with Crippen molar-refractivity contribution in [1.29, 1.82) is 0 Å². The fourth-order valence-corrected chi connectivity index (χ4v) is 1.84. The third kappa shape index (κ3) is 3.38. The van der Waals surface area contributed by atoms with Crippen LogP contribution < -0.4 is 9.64 Å². The summed E-state index contributed by atoms with van der Waals surface area (Å²) in [6.45, 7) is 4.13. The summed E-state index contributed by atoms with van der Waals surface area (Å²) in [7, 11) is 1.76. The predicted octanol–water partition coefficient (Wildman–Crippen LogP) is 3.35. The molecule has 0 saturated carbocycles. The quantitative estimate of drug-likeness (QED) is 0.852. The molecule has 104 valence electrons. The van der Waals surface area contributed by atoms with E-state index in [1.54, 1.807) is 11.9 Å². The van der Waals surface area contributed by atoms with Gasteiger partial charge in [-0.15, -0.1) is 0 Å². The highest BCUT2D eigenvalue weighted by atomic mass is 16.5. The van der Waals surface area contributed by atoms with E-state index >= 15 is 0 Å². The Hall–Kier alpha value is -2.29. The second-order valence-corrected chi connectivity index (χ2v) is 4.82. The maximum Gasteiger partial charge on any atom is 0.264 e. The minimum Gasteiger partial charge on any atom is -0.484 e. The fraction of sp³-hybridized carbons (Fsp3) is 0.235. The monoisotopic (exact) mass is 269 g/mol. The van der Waals surface area contributed by atoms with E-state index in [1.165, 1.54) is 11.1 Å². The van der Waals surface area contributed by atoms with E-state index in [2.05, 4.69) is 6.92 Å². The fourth-order valence-electron chi connectivity index (χ4n) is 1.84. The van der Waals surface area contributed by atoms with Gasteiger partial charge in [0, 0.05) is 12.7 Å². The number of hydrogen-bond acceptors (Lipinski definition) is 2. The highest BCUT2D eigenvalue weighted by Crippen LogP contribution is 2.18. The van der Waals surface area contributed by atoms with Crippen molar-refractivity contribution in [2.24, 2.45) is 0 Å². The van der Waals surface area contributed by atoms with Crippen LogP contribution >= 0.6 is 0 Å². The first-order chi connectivity index (χ1) is 9.58. The molecular formula is C17H19NO2. The van der Waals surface area contributed by atoms with Crippen LogP contribution in [-0.4, -0.2) is 19.6 Å². The predicted molar refractivity (Wildman–Crippen MR) is 81.3 cm³/mol. The first-order valence-electron chi connectivity index (χ1n) is 6.59. The van der Waals surface area contributed by atoms with Crippen molar-refractivity contribution in [1.82, 2.24) is 0 Å². The molecular weight excluding hydrogens is 250 g/mol. The lowest BCUT2D eigenvalue weighted by Gasteiger charge is -2.18. The van der Waals surface area contributed by atoms with Gasteiger partial charge in [-0.3, -0.25) is 4.79 Å². The van der Waals surface area contributed by atoms with Crippen LogP contribution in [0.25, 0.3) is 0 Å². The summed E-state index contributed by atoms with van der Waals surface area (Å²) in [5, 5.41) is 0. The van der Waals surface area contributed by atoms with Crippen LogP contribution in [0.3, 0.4) is 0 Å². The van der Waals surface area contributed by atoms with Crippen LogP contribution in [-0.2, 0) is 4.79 Å². The molecule has 0 spiro atoms. The molecule has 3 nitrogen and oxygen atoms in total.